The van der Waals surface area contributed by atoms with Crippen LogP contribution in [0, 0.1) is 5.92 Å². The highest BCUT2D eigenvalue weighted by Gasteiger charge is 2.20. The van der Waals surface area contributed by atoms with Gasteiger partial charge in [-0.05, 0) is 30.5 Å². The number of carbonyl (C=O) groups is 1. The maximum atomic E-state index is 11.8. The lowest BCUT2D eigenvalue weighted by molar-refractivity contribution is -0.126. The molecule has 0 bridgehead atoms. The van der Waals surface area contributed by atoms with Gasteiger partial charge in [-0.25, -0.2) is 0 Å². The largest absolute Gasteiger partial charge is 0.352 e. The van der Waals surface area contributed by atoms with Crippen LogP contribution in [0.4, 0.5) is 0 Å². The fourth-order valence-electron chi connectivity index (χ4n) is 2.20. The molecule has 3 nitrogen and oxygen atoms in total. The van der Waals surface area contributed by atoms with Gasteiger partial charge in [0, 0.05) is 24.9 Å². The minimum atomic E-state index is 0.219. The molecule has 1 aromatic heterocycles. The van der Waals surface area contributed by atoms with Gasteiger partial charge in [-0.2, -0.15) is 0 Å². The van der Waals surface area contributed by atoms with Crippen molar-refractivity contribution in [2.75, 3.05) is 0 Å². The molecule has 0 unspecified atom stereocenters. The first-order valence-corrected chi connectivity index (χ1v) is 6.03. The summed E-state index contributed by atoms with van der Waals surface area (Å²) in [6, 6.07) is 3.86. The molecular weight excluding hydrogens is 200 g/mol. The van der Waals surface area contributed by atoms with Crippen LogP contribution in [0.1, 0.15) is 37.7 Å². The summed E-state index contributed by atoms with van der Waals surface area (Å²) in [4.78, 5) is 15.8. The third kappa shape index (κ3) is 3.05. The second-order valence-electron chi connectivity index (χ2n) is 4.41. The maximum absolute atomic E-state index is 11.8. The first-order valence-electron chi connectivity index (χ1n) is 6.03. The smallest absolute Gasteiger partial charge is 0.223 e. The number of pyridine rings is 1. The summed E-state index contributed by atoms with van der Waals surface area (Å²) in [5, 5.41) is 3.00. The molecule has 1 amide bonds. The zero-order valence-electron chi connectivity index (χ0n) is 9.48. The van der Waals surface area contributed by atoms with Crippen LogP contribution in [-0.2, 0) is 11.3 Å². The molecule has 1 saturated carbocycles. The fourth-order valence-corrected chi connectivity index (χ4v) is 2.20. The molecule has 1 fully saturated rings. The number of nitrogens with zero attached hydrogens (tertiary/aromatic N) is 1. The average molecular weight is 218 g/mol. The van der Waals surface area contributed by atoms with E-state index in [1.165, 1.54) is 19.3 Å². The summed E-state index contributed by atoms with van der Waals surface area (Å²) in [6.07, 6.45) is 9.31. The molecule has 16 heavy (non-hydrogen) atoms. The van der Waals surface area contributed by atoms with Crippen LogP contribution in [0.2, 0.25) is 0 Å². The molecule has 0 atom stereocenters. The van der Waals surface area contributed by atoms with E-state index in [0.29, 0.717) is 6.54 Å². The van der Waals surface area contributed by atoms with Gasteiger partial charge in [0.2, 0.25) is 5.91 Å². The first-order chi connectivity index (χ1) is 7.86. The van der Waals surface area contributed by atoms with Crippen molar-refractivity contribution in [3.63, 3.8) is 0 Å². The van der Waals surface area contributed by atoms with Gasteiger partial charge in [0.05, 0.1) is 0 Å². The molecule has 1 N–H and O–H groups in total. The van der Waals surface area contributed by atoms with E-state index in [2.05, 4.69) is 10.3 Å². The third-order valence-electron chi connectivity index (χ3n) is 3.19. The SMILES string of the molecule is O=C(NCc1ccncc1)C1CCCCC1. The molecule has 0 aromatic carbocycles. The predicted molar refractivity (Wildman–Crippen MR) is 62.7 cm³/mol. The monoisotopic (exact) mass is 218 g/mol. The molecule has 1 aliphatic rings. The van der Waals surface area contributed by atoms with Crippen LogP contribution in [-0.4, -0.2) is 10.9 Å². The van der Waals surface area contributed by atoms with E-state index in [-0.39, 0.29) is 11.8 Å². The lowest BCUT2D eigenvalue weighted by Crippen LogP contribution is -2.31. The van der Waals surface area contributed by atoms with Crippen molar-refractivity contribution in [3.8, 4) is 0 Å². The van der Waals surface area contributed by atoms with Gasteiger partial charge in [0.15, 0.2) is 0 Å². The van der Waals surface area contributed by atoms with Gasteiger partial charge in [-0.1, -0.05) is 19.3 Å². The molecule has 0 saturated heterocycles. The van der Waals surface area contributed by atoms with Crippen molar-refractivity contribution in [2.24, 2.45) is 5.92 Å². The topological polar surface area (TPSA) is 42.0 Å². The molecule has 1 aliphatic carbocycles. The van der Waals surface area contributed by atoms with Crippen LogP contribution in [0.3, 0.4) is 0 Å². The number of hydrogen-bond acceptors (Lipinski definition) is 2. The minimum Gasteiger partial charge on any atom is -0.352 e. The van der Waals surface area contributed by atoms with Gasteiger partial charge in [0.25, 0.3) is 0 Å². The van der Waals surface area contributed by atoms with Crippen molar-refractivity contribution in [1.29, 1.82) is 0 Å². The Balaban J connectivity index is 1.79. The van der Waals surface area contributed by atoms with E-state index in [4.69, 9.17) is 0 Å². The summed E-state index contributed by atoms with van der Waals surface area (Å²) in [5.74, 6) is 0.465. The number of nitrogens with one attached hydrogen (secondary N) is 1. The summed E-state index contributed by atoms with van der Waals surface area (Å²) >= 11 is 0. The number of aromatic nitrogens is 1. The van der Waals surface area contributed by atoms with E-state index in [9.17, 15) is 4.79 Å². The summed E-state index contributed by atoms with van der Waals surface area (Å²) in [7, 11) is 0. The maximum Gasteiger partial charge on any atom is 0.223 e. The first kappa shape index (κ1) is 11.1. The molecule has 0 radical (unpaired) electrons. The molecule has 2 rings (SSSR count). The lowest BCUT2D eigenvalue weighted by Gasteiger charge is -2.20. The highest BCUT2D eigenvalue weighted by Crippen LogP contribution is 2.23. The highest BCUT2D eigenvalue weighted by molar-refractivity contribution is 5.78. The standard InChI is InChI=1S/C13H18N2O/c16-13(12-4-2-1-3-5-12)15-10-11-6-8-14-9-7-11/h6-9,12H,1-5,10H2,(H,15,16). The van der Waals surface area contributed by atoms with Crippen LogP contribution < -0.4 is 5.32 Å². The highest BCUT2D eigenvalue weighted by atomic mass is 16.1. The van der Waals surface area contributed by atoms with Crippen LogP contribution in [0.15, 0.2) is 24.5 Å². The summed E-state index contributed by atoms with van der Waals surface area (Å²) in [6.45, 7) is 0.623. The van der Waals surface area contributed by atoms with Crippen LogP contribution in [0.25, 0.3) is 0 Å². The molecule has 0 spiro atoms. The Morgan fingerprint density at radius 2 is 1.94 bits per heavy atom. The quantitative estimate of drug-likeness (QED) is 0.845. The van der Waals surface area contributed by atoms with Gasteiger partial charge in [0.1, 0.15) is 0 Å². The summed E-state index contributed by atoms with van der Waals surface area (Å²) in [5.41, 5.74) is 1.11. The molecule has 1 aromatic rings. The Bertz CT molecular complexity index is 331. The van der Waals surface area contributed by atoms with Gasteiger partial charge >= 0.3 is 0 Å². The van der Waals surface area contributed by atoms with E-state index in [1.54, 1.807) is 12.4 Å². The van der Waals surface area contributed by atoms with E-state index >= 15 is 0 Å². The minimum absolute atomic E-state index is 0.219. The number of hydrogen-bond donors (Lipinski definition) is 1. The third-order valence-corrected chi connectivity index (χ3v) is 3.19. The number of rotatable bonds is 3. The van der Waals surface area contributed by atoms with Crippen LogP contribution in [0.5, 0.6) is 0 Å². The molecule has 86 valence electrons. The lowest BCUT2D eigenvalue weighted by atomic mass is 9.88. The van der Waals surface area contributed by atoms with Crippen molar-refractivity contribution >= 4 is 5.91 Å². The Morgan fingerprint density at radius 3 is 2.62 bits per heavy atom. The second-order valence-corrected chi connectivity index (χ2v) is 4.41. The Morgan fingerprint density at radius 1 is 1.25 bits per heavy atom. The van der Waals surface area contributed by atoms with E-state index < -0.39 is 0 Å². The molecule has 0 aliphatic heterocycles. The normalized spacial score (nSPS) is 17.0. The molecule has 1 heterocycles. The zero-order chi connectivity index (χ0) is 11.2. The summed E-state index contributed by atoms with van der Waals surface area (Å²) < 4.78 is 0. The number of carbonyl (C=O) groups excluding carboxylic acids is 1. The van der Waals surface area contributed by atoms with Crippen molar-refractivity contribution in [2.45, 2.75) is 38.6 Å². The number of amides is 1. The van der Waals surface area contributed by atoms with E-state index in [1.807, 2.05) is 12.1 Å². The Labute approximate surface area is 96.3 Å². The average Bonchev–Trinajstić information content (AvgIpc) is 2.38. The van der Waals surface area contributed by atoms with Crippen molar-refractivity contribution < 1.29 is 4.79 Å². The van der Waals surface area contributed by atoms with Crippen LogP contribution >= 0.6 is 0 Å². The van der Waals surface area contributed by atoms with E-state index in [0.717, 1.165) is 18.4 Å². The zero-order valence-corrected chi connectivity index (χ0v) is 9.48. The van der Waals surface area contributed by atoms with Crippen molar-refractivity contribution in [1.82, 2.24) is 10.3 Å². The molecular formula is C13H18N2O. The Hall–Kier alpha value is -1.38. The fraction of sp³-hybridized carbons (Fsp3) is 0.538. The molecule has 3 heteroatoms. The Kier molecular flexibility index (Phi) is 3.91. The van der Waals surface area contributed by atoms with Gasteiger partial charge < -0.3 is 5.32 Å². The van der Waals surface area contributed by atoms with Crippen molar-refractivity contribution in [3.05, 3.63) is 30.1 Å². The van der Waals surface area contributed by atoms with Gasteiger partial charge in [-0.15, -0.1) is 0 Å². The predicted octanol–water partition coefficient (Wildman–Crippen LogP) is 2.28. The second kappa shape index (κ2) is 5.64. The van der Waals surface area contributed by atoms with Gasteiger partial charge in [-0.3, -0.25) is 9.78 Å².